The Hall–Kier alpha value is -3.25. The number of aryl methyl sites for hydroxylation is 1. The van der Waals surface area contributed by atoms with Crippen LogP contribution in [0.1, 0.15) is 9.75 Å². The molecule has 3 aromatic heterocycles. The summed E-state index contributed by atoms with van der Waals surface area (Å²) in [6.45, 7) is 2.04. The molecule has 26 heavy (non-hydrogen) atoms. The van der Waals surface area contributed by atoms with Crippen LogP contribution in [0.4, 0.5) is 5.69 Å². The quantitative estimate of drug-likeness (QED) is 0.547. The highest BCUT2D eigenvalue weighted by Gasteiger charge is 2.05. The van der Waals surface area contributed by atoms with E-state index in [1.165, 1.54) is 11.0 Å². The number of pyridine rings is 1. The average molecular weight is 360 g/mol. The van der Waals surface area contributed by atoms with Crippen LogP contribution < -0.4 is 5.32 Å². The molecule has 1 amide bonds. The number of nitrogens with zero attached hydrogens (tertiary/aromatic N) is 3. The lowest BCUT2D eigenvalue weighted by Gasteiger charge is -2.05. The van der Waals surface area contributed by atoms with Gasteiger partial charge in [0.15, 0.2) is 0 Å². The van der Waals surface area contributed by atoms with E-state index in [1.807, 2.05) is 66.1 Å². The van der Waals surface area contributed by atoms with Crippen LogP contribution in [0.5, 0.6) is 0 Å². The second-order valence-corrected chi connectivity index (χ2v) is 7.10. The number of anilines is 1. The van der Waals surface area contributed by atoms with Crippen LogP contribution in [0, 0.1) is 6.92 Å². The molecule has 0 bridgehead atoms. The number of rotatable bonds is 4. The van der Waals surface area contributed by atoms with Gasteiger partial charge < -0.3 is 5.32 Å². The van der Waals surface area contributed by atoms with Crippen molar-refractivity contribution in [3.8, 4) is 5.82 Å². The lowest BCUT2D eigenvalue weighted by atomic mass is 10.3. The number of carbonyl (C=O) groups is 1. The number of imidazole rings is 1. The number of carbonyl (C=O) groups excluding carboxylic acids is 1. The number of hydrogen-bond donors (Lipinski definition) is 1. The third-order valence-corrected chi connectivity index (χ3v) is 4.84. The highest BCUT2D eigenvalue weighted by atomic mass is 32.1. The van der Waals surface area contributed by atoms with Crippen LogP contribution in [0.3, 0.4) is 0 Å². The van der Waals surface area contributed by atoms with Crippen LogP contribution in [0.2, 0.25) is 0 Å². The van der Waals surface area contributed by atoms with Gasteiger partial charge in [-0.15, -0.1) is 11.3 Å². The number of amides is 1. The average Bonchev–Trinajstić information content (AvgIpc) is 3.27. The molecule has 3 heterocycles. The number of fused-ring (bicyclic) bond motifs is 1. The number of hydrogen-bond acceptors (Lipinski definition) is 4. The van der Waals surface area contributed by atoms with Crippen molar-refractivity contribution in [3.05, 3.63) is 76.9 Å². The molecule has 0 radical (unpaired) electrons. The molecule has 0 aliphatic rings. The molecule has 0 aliphatic heterocycles. The van der Waals surface area contributed by atoms with Gasteiger partial charge in [0.25, 0.3) is 0 Å². The highest BCUT2D eigenvalue weighted by Crippen LogP contribution is 2.18. The summed E-state index contributed by atoms with van der Waals surface area (Å²) >= 11 is 1.65. The molecule has 0 fully saturated rings. The monoisotopic (exact) mass is 360 g/mol. The molecule has 4 aromatic rings. The molecule has 0 atom stereocenters. The largest absolute Gasteiger partial charge is 0.321 e. The fourth-order valence-corrected chi connectivity index (χ4v) is 3.41. The van der Waals surface area contributed by atoms with Crippen molar-refractivity contribution in [2.45, 2.75) is 6.92 Å². The van der Waals surface area contributed by atoms with Gasteiger partial charge in [-0.05, 0) is 49.4 Å². The Bertz CT molecular complexity index is 1090. The Morgan fingerprint density at radius 3 is 2.77 bits per heavy atom. The number of thiophene rings is 1. The molecule has 1 aromatic carbocycles. The number of nitrogens with one attached hydrogen (secondary N) is 1. The predicted octanol–water partition coefficient (Wildman–Crippen LogP) is 4.44. The maximum absolute atomic E-state index is 12.0. The van der Waals surface area contributed by atoms with Gasteiger partial charge >= 0.3 is 0 Å². The summed E-state index contributed by atoms with van der Waals surface area (Å²) in [6.07, 6.45) is 6.73. The normalized spacial score (nSPS) is 11.3. The second-order valence-electron chi connectivity index (χ2n) is 5.78. The van der Waals surface area contributed by atoms with Crippen molar-refractivity contribution in [2.24, 2.45) is 0 Å². The molecular weight excluding hydrogens is 344 g/mol. The first kappa shape index (κ1) is 16.2. The molecule has 128 valence electrons. The van der Waals surface area contributed by atoms with E-state index < -0.39 is 0 Å². The minimum Gasteiger partial charge on any atom is -0.321 e. The summed E-state index contributed by atoms with van der Waals surface area (Å²) in [5.74, 6) is 0.569. The molecule has 0 spiro atoms. The third-order valence-electron chi connectivity index (χ3n) is 3.88. The molecule has 0 saturated carbocycles. The zero-order valence-electron chi connectivity index (χ0n) is 14.1. The van der Waals surface area contributed by atoms with E-state index in [0.29, 0.717) is 5.69 Å². The maximum atomic E-state index is 12.0. The van der Waals surface area contributed by atoms with Gasteiger partial charge in [0, 0.05) is 15.8 Å². The molecule has 6 heteroatoms. The molecular formula is C20H16N4OS. The van der Waals surface area contributed by atoms with E-state index >= 15 is 0 Å². The third kappa shape index (κ3) is 3.41. The van der Waals surface area contributed by atoms with Gasteiger partial charge in [-0.2, -0.15) is 0 Å². The molecule has 0 saturated heterocycles. The number of para-hydroxylation sites is 2. The van der Waals surface area contributed by atoms with Gasteiger partial charge in [0.1, 0.15) is 12.1 Å². The summed E-state index contributed by atoms with van der Waals surface area (Å²) < 4.78 is 1.92. The van der Waals surface area contributed by atoms with Crippen molar-refractivity contribution >= 4 is 40.0 Å². The minimum atomic E-state index is -0.182. The number of benzene rings is 1. The fourth-order valence-electron chi connectivity index (χ4n) is 2.63. The standard InChI is InChI=1S/C20H16N4OS/c1-14-6-8-16(26-14)9-11-20(25)23-15-7-10-19(21-12-15)24-13-22-17-4-2-3-5-18(17)24/h2-13H,1H3,(H,23,25)/b11-9+. The highest BCUT2D eigenvalue weighted by molar-refractivity contribution is 7.12. The van der Waals surface area contributed by atoms with E-state index in [0.717, 1.165) is 21.7 Å². The number of aromatic nitrogens is 3. The Labute approximate surface area is 154 Å². The lowest BCUT2D eigenvalue weighted by molar-refractivity contribution is -0.111. The Morgan fingerprint density at radius 2 is 2.00 bits per heavy atom. The summed E-state index contributed by atoms with van der Waals surface area (Å²) in [6, 6.07) is 15.6. The van der Waals surface area contributed by atoms with Gasteiger partial charge in [0.05, 0.1) is 22.9 Å². The van der Waals surface area contributed by atoms with E-state index in [4.69, 9.17) is 0 Å². The molecule has 4 rings (SSSR count). The van der Waals surface area contributed by atoms with Gasteiger partial charge in [-0.1, -0.05) is 12.1 Å². The topological polar surface area (TPSA) is 59.8 Å². The smallest absolute Gasteiger partial charge is 0.248 e. The molecule has 0 aliphatic carbocycles. The van der Waals surface area contributed by atoms with Crippen molar-refractivity contribution in [1.29, 1.82) is 0 Å². The maximum Gasteiger partial charge on any atom is 0.248 e. The summed E-state index contributed by atoms with van der Waals surface area (Å²) in [5, 5.41) is 2.82. The van der Waals surface area contributed by atoms with E-state index in [1.54, 1.807) is 23.9 Å². The van der Waals surface area contributed by atoms with Crippen molar-refractivity contribution < 1.29 is 4.79 Å². The molecule has 0 unspecified atom stereocenters. The first-order valence-corrected chi connectivity index (χ1v) is 8.95. The van der Waals surface area contributed by atoms with Crippen LogP contribution in [-0.2, 0) is 4.79 Å². The van der Waals surface area contributed by atoms with Crippen molar-refractivity contribution in [2.75, 3.05) is 5.32 Å². The first-order chi connectivity index (χ1) is 12.7. The van der Waals surface area contributed by atoms with E-state index in [2.05, 4.69) is 15.3 Å². The summed E-state index contributed by atoms with van der Waals surface area (Å²) in [5.41, 5.74) is 2.56. The Morgan fingerprint density at radius 1 is 1.12 bits per heavy atom. The SMILES string of the molecule is Cc1ccc(/C=C/C(=O)Nc2ccc(-n3cnc4ccccc43)nc2)s1. The van der Waals surface area contributed by atoms with E-state index in [9.17, 15) is 4.79 Å². The van der Waals surface area contributed by atoms with Gasteiger partial charge in [-0.25, -0.2) is 9.97 Å². The molecule has 5 nitrogen and oxygen atoms in total. The van der Waals surface area contributed by atoms with Crippen molar-refractivity contribution in [3.63, 3.8) is 0 Å². The van der Waals surface area contributed by atoms with Crippen molar-refractivity contribution in [1.82, 2.24) is 14.5 Å². The Kier molecular flexibility index (Phi) is 4.33. The van der Waals surface area contributed by atoms with Crippen LogP contribution >= 0.6 is 11.3 Å². The minimum absolute atomic E-state index is 0.182. The van der Waals surface area contributed by atoms with Crippen LogP contribution in [0.25, 0.3) is 22.9 Å². The summed E-state index contributed by atoms with van der Waals surface area (Å²) in [7, 11) is 0. The Balaban J connectivity index is 1.47. The lowest BCUT2D eigenvalue weighted by Crippen LogP contribution is -2.08. The zero-order chi connectivity index (χ0) is 17.9. The predicted molar refractivity (Wildman–Crippen MR) is 106 cm³/mol. The van der Waals surface area contributed by atoms with E-state index in [-0.39, 0.29) is 5.91 Å². The fraction of sp³-hybridized carbons (Fsp3) is 0.0500. The second kappa shape index (κ2) is 6.93. The van der Waals surface area contributed by atoms with Gasteiger partial charge in [0.2, 0.25) is 5.91 Å². The van der Waals surface area contributed by atoms with Crippen LogP contribution in [0.15, 0.2) is 67.1 Å². The molecule has 1 N–H and O–H groups in total. The van der Waals surface area contributed by atoms with Gasteiger partial charge in [-0.3, -0.25) is 9.36 Å². The summed E-state index contributed by atoms with van der Waals surface area (Å²) in [4.78, 5) is 23.1. The zero-order valence-corrected chi connectivity index (χ0v) is 14.9. The first-order valence-electron chi connectivity index (χ1n) is 8.13. The van der Waals surface area contributed by atoms with Crippen LogP contribution in [-0.4, -0.2) is 20.4 Å².